The molecule has 1 rings (SSSR count). The molecule has 0 unspecified atom stereocenters. The predicted molar refractivity (Wildman–Crippen MR) is 46.3 cm³/mol. The summed E-state index contributed by atoms with van der Waals surface area (Å²) in [6.45, 7) is 4.32. The Hall–Kier alpha value is -0.990. The lowest BCUT2D eigenvalue weighted by Gasteiger charge is -2.07. The van der Waals surface area contributed by atoms with Gasteiger partial charge in [-0.3, -0.25) is 0 Å². The summed E-state index contributed by atoms with van der Waals surface area (Å²) in [5, 5.41) is 0. The monoisotopic (exact) mass is 153 g/mol. The van der Waals surface area contributed by atoms with Gasteiger partial charge in [-0.25, -0.2) is 4.98 Å². The molecule has 0 radical (unpaired) electrons. The van der Waals surface area contributed by atoms with E-state index in [1.165, 1.54) is 0 Å². The third-order valence-corrected chi connectivity index (χ3v) is 1.99. The van der Waals surface area contributed by atoms with Gasteiger partial charge in [0.2, 0.25) is 0 Å². The molecule has 0 bridgehead atoms. The van der Waals surface area contributed by atoms with E-state index in [2.05, 4.69) is 23.8 Å². The second-order valence-electron chi connectivity index (χ2n) is 2.74. The molecular formula is C8H15N3. The van der Waals surface area contributed by atoms with Crippen LogP contribution in [0.5, 0.6) is 0 Å². The number of nitrogen functional groups attached to an aromatic ring is 1. The van der Waals surface area contributed by atoms with E-state index >= 15 is 0 Å². The summed E-state index contributed by atoms with van der Waals surface area (Å²) in [7, 11) is 0. The smallest absolute Gasteiger partial charge is 0.120 e. The van der Waals surface area contributed by atoms with Crippen LogP contribution < -0.4 is 5.73 Å². The number of rotatable bonds is 3. The van der Waals surface area contributed by atoms with Crippen molar-refractivity contribution >= 4 is 5.82 Å². The molecular weight excluding hydrogens is 138 g/mol. The fraction of sp³-hybridized carbons (Fsp3) is 0.625. The molecule has 0 aliphatic carbocycles. The van der Waals surface area contributed by atoms with E-state index in [0.717, 1.165) is 18.7 Å². The van der Waals surface area contributed by atoms with Gasteiger partial charge in [-0.15, -0.1) is 0 Å². The lowest BCUT2D eigenvalue weighted by Crippen LogP contribution is -1.97. The van der Waals surface area contributed by atoms with Crippen molar-refractivity contribution in [3.8, 4) is 0 Å². The van der Waals surface area contributed by atoms with E-state index in [1.54, 1.807) is 6.20 Å². The standard InChI is InChI=1S/C8H15N3/c1-3-6(4-2)8-10-5-7(9)11-8/h5-6H,3-4,9H2,1-2H3,(H,10,11). The van der Waals surface area contributed by atoms with Crippen LogP contribution in [0.4, 0.5) is 5.82 Å². The summed E-state index contributed by atoms with van der Waals surface area (Å²) >= 11 is 0. The highest BCUT2D eigenvalue weighted by atomic mass is 15.0. The molecule has 0 saturated heterocycles. The molecule has 0 aliphatic rings. The summed E-state index contributed by atoms with van der Waals surface area (Å²) in [6.07, 6.45) is 3.90. The SMILES string of the molecule is CCC(CC)c1ncc(N)[nH]1. The van der Waals surface area contributed by atoms with E-state index in [0.29, 0.717) is 11.7 Å². The first-order chi connectivity index (χ1) is 5.27. The van der Waals surface area contributed by atoms with Gasteiger partial charge in [-0.2, -0.15) is 0 Å². The van der Waals surface area contributed by atoms with Gasteiger partial charge in [0.15, 0.2) is 0 Å². The lowest BCUT2D eigenvalue weighted by atomic mass is 10.0. The fourth-order valence-electron chi connectivity index (χ4n) is 1.23. The van der Waals surface area contributed by atoms with E-state index in [-0.39, 0.29) is 0 Å². The topological polar surface area (TPSA) is 54.7 Å². The quantitative estimate of drug-likeness (QED) is 0.696. The molecule has 3 N–H and O–H groups in total. The van der Waals surface area contributed by atoms with Crippen molar-refractivity contribution in [3.63, 3.8) is 0 Å². The minimum absolute atomic E-state index is 0.535. The summed E-state index contributed by atoms with van der Waals surface area (Å²) in [4.78, 5) is 7.22. The number of anilines is 1. The van der Waals surface area contributed by atoms with Gasteiger partial charge in [-0.1, -0.05) is 13.8 Å². The summed E-state index contributed by atoms with van der Waals surface area (Å²) in [5.41, 5.74) is 5.51. The summed E-state index contributed by atoms with van der Waals surface area (Å²) < 4.78 is 0. The Morgan fingerprint density at radius 2 is 2.18 bits per heavy atom. The maximum absolute atomic E-state index is 5.51. The molecule has 1 heterocycles. The first-order valence-corrected chi connectivity index (χ1v) is 4.08. The molecule has 0 aliphatic heterocycles. The molecule has 0 atom stereocenters. The predicted octanol–water partition coefficient (Wildman–Crippen LogP) is 1.90. The van der Waals surface area contributed by atoms with Crippen LogP contribution in [0.3, 0.4) is 0 Å². The van der Waals surface area contributed by atoms with Crippen LogP contribution in [-0.2, 0) is 0 Å². The minimum atomic E-state index is 0.535. The average Bonchev–Trinajstić information content (AvgIpc) is 2.39. The zero-order valence-corrected chi connectivity index (χ0v) is 7.09. The molecule has 0 spiro atoms. The number of H-pyrrole nitrogens is 1. The number of hydrogen-bond acceptors (Lipinski definition) is 2. The first kappa shape index (κ1) is 8.11. The van der Waals surface area contributed by atoms with Crippen LogP contribution in [-0.4, -0.2) is 9.97 Å². The highest BCUT2D eigenvalue weighted by Crippen LogP contribution is 2.19. The third kappa shape index (κ3) is 1.73. The highest BCUT2D eigenvalue weighted by Gasteiger charge is 2.09. The van der Waals surface area contributed by atoms with Gasteiger partial charge in [0.25, 0.3) is 0 Å². The van der Waals surface area contributed by atoms with E-state index < -0.39 is 0 Å². The number of aromatic nitrogens is 2. The third-order valence-electron chi connectivity index (χ3n) is 1.99. The van der Waals surface area contributed by atoms with E-state index in [4.69, 9.17) is 5.73 Å². The zero-order chi connectivity index (χ0) is 8.27. The Morgan fingerprint density at radius 1 is 1.55 bits per heavy atom. The number of hydrogen-bond donors (Lipinski definition) is 2. The van der Waals surface area contributed by atoms with Crippen LogP contribution in [0.2, 0.25) is 0 Å². The van der Waals surface area contributed by atoms with Crippen molar-refractivity contribution in [2.24, 2.45) is 0 Å². The average molecular weight is 153 g/mol. The normalized spacial score (nSPS) is 10.8. The van der Waals surface area contributed by atoms with Gasteiger partial charge in [0.05, 0.1) is 6.20 Å². The summed E-state index contributed by atoms with van der Waals surface area (Å²) in [5.74, 6) is 2.21. The maximum atomic E-state index is 5.51. The van der Waals surface area contributed by atoms with Crippen LogP contribution in [0.1, 0.15) is 38.4 Å². The van der Waals surface area contributed by atoms with Gasteiger partial charge in [-0.05, 0) is 12.8 Å². The largest absolute Gasteiger partial charge is 0.384 e. The van der Waals surface area contributed by atoms with Crippen LogP contribution in [0, 0.1) is 0 Å². The Morgan fingerprint density at radius 3 is 2.55 bits per heavy atom. The van der Waals surface area contributed by atoms with Crippen molar-refractivity contribution in [3.05, 3.63) is 12.0 Å². The fourth-order valence-corrected chi connectivity index (χ4v) is 1.23. The van der Waals surface area contributed by atoms with E-state index in [1.807, 2.05) is 0 Å². The number of imidazole rings is 1. The number of nitrogens with two attached hydrogens (primary N) is 1. The van der Waals surface area contributed by atoms with Crippen molar-refractivity contribution < 1.29 is 0 Å². The van der Waals surface area contributed by atoms with Crippen LogP contribution in [0.15, 0.2) is 6.20 Å². The zero-order valence-electron chi connectivity index (χ0n) is 7.09. The molecule has 3 heteroatoms. The van der Waals surface area contributed by atoms with Crippen LogP contribution >= 0.6 is 0 Å². The molecule has 0 amide bonds. The van der Waals surface area contributed by atoms with Gasteiger partial charge < -0.3 is 10.7 Å². The van der Waals surface area contributed by atoms with Gasteiger partial charge >= 0.3 is 0 Å². The Kier molecular flexibility index (Phi) is 2.52. The molecule has 11 heavy (non-hydrogen) atoms. The Labute approximate surface area is 67.0 Å². The minimum Gasteiger partial charge on any atom is -0.384 e. The van der Waals surface area contributed by atoms with E-state index in [9.17, 15) is 0 Å². The highest BCUT2D eigenvalue weighted by molar-refractivity contribution is 5.25. The molecule has 0 fully saturated rings. The molecule has 0 saturated carbocycles. The second-order valence-corrected chi connectivity index (χ2v) is 2.74. The maximum Gasteiger partial charge on any atom is 0.120 e. The molecule has 1 aromatic rings. The number of nitrogens with zero attached hydrogens (tertiary/aromatic N) is 1. The molecule has 1 aromatic heterocycles. The molecule has 3 nitrogen and oxygen atoms in total. The van der Waals surface area contributed by atoms with Gasteiger partial charge in [0, 0.05) is 5.92 Å². The van der Waals surface area contributed by atoms with Crippen molar-refractivity contribution in [2.45, 2.75) is 32.6 Å². The van der Waals surface area contributed by atoms with Crippen molar-refractivity contribution in [1.29, 1.82) is 0 Å². The van der Waals surface area contributed by atoms with Crippen molar-refractivity contribution in [2.75, 3.05) is 5.73 Å². The second kappa shape index (κ2) is 3.42. The Bertz CT molecular complexity index is 213. The van der Waals surface area contributed by atoms with Crippen LogP contribution in [0.25, 0.3) is 0 Å². The number of nitrogens with one attached hydrogen (secondary N) is 1. The Balaban J connectivity index is 2.73. The first-order valence-electron chi connectivity index (χ1n) is 4.08. The molecule has 0 aromatic carbocycles. The summed E-state index contributed by atoms with van der Waals surface area (Å²) in [6, 6.07) is 0. The number of aromatic amines is 1. The van der Waals surface area contributed by atoms with Crippen molar-refractivity contribution in [1.82, 2.24) is 9.97 Å². The van der Waals surface area contributed by atoms with Gasteiger partial charge in [0.1, 0.15) is 11.6 Å². The lowest BCUT2D eigenvalue weighted by molar-refractivity contribution is 0.609. The molecule has 62 valence electrons.